The van der Waals surface area contributed by atoms with Gasteiger partial charge in [-0.1, -0.05) is 90.5 Å². The number of likely N-dealkylation sites (tertiary alicyclic amines) is 1. The van der Waals surface area contributed by atoms with Gasteiger partial charge < -0.3 is 4.90 Å². The molecule has 0 saturated carbocycles. The van der Waals surface area contributed by atoms with Gasteiger partial charge in [0.25, 0.3) is 5.91 Å². The normalized spacial score (nSPS) is 13.5. The van der Waals surface area contributed by atoms with E-state index in [1.807, 2.05) is 71.6 Å². The van der Waals surface area contributed by atoms with E-state index in [0.29, 0.717) is 23.7 Å². The zero-order valence-corrected chi connectivity index (χ0v) is 21.9. The number of benzene rings is 4. The van der Waals surface area contributed by atoms with Crippen molar-refractivity contribution in [1.29, 1.82) is 0 Å². The highest BCUT2D eigenvalue weighted by Gasteiger charge is 2.17. The molecule has 0 unspecified atom stereocenters. The Hall–Kier alpha value is -3.40. The van der Waals surface area contributed by atoms with Crippen LogP contribution >= 0.6 is 11.6 Å². The van der Waals surface area contributed by atoms with Crippen LogP contribution in [0.3, 0.4) is 0 Å². The van der Waals surface area contributed by atoms with Crippen molar-refractivity contribution in [3.8, 4) is 11.1 Å². The van der Waals surface area contributed by atoms with Crippen molar-refractivity contribution in [2.24, 2.45) is 0 Å². The van der Waals surface area contributed by atoms with Gasteiger partial charge in [0.1, 0.15) is 0 Å². The molecule has 0 aromatic heterocycles. The first-order chi connectivity index (χ1) is 18.1. The molecule has 37 heavy (non-hydrogen) atoms. The summed E-state index contributed by atoms with van der Waals surface area (Å²) in [5.41, 5.74) is 6.61. The molecule has 0 N–H and O–H groups in total. The number of amides is 1. The van der Waals surface area contributed by atoms with Gasteiger partial charge in [-0.3, -0.25) is 9.69 Å². The fraction of sp³-hybridized carbons (Fsp3) is 0.242. The van der Waals surface area contributed by atoms with Gasteiger partial charge in [-0.05, 0) is 84.4 Å². The number of carbonyl (C=O) groups is 1. The lowest BCUT2D eigenvalue weighted by atomic mass is 10.0. The molecule has 1 aliphatic heterocycles. The van der Waals surface area contributed by atoms with E-state index in [1.54, 1.807) is 0 Å². The molecule has 5 rings (SSSR count). The van der Waals surface area contributed by atoms with Gasteiger partial charge in [-0.2, -0.15) is 0 Å². The monoisotopic (exact) mass is 508 g/mol. The summed E-state index contributed by atoms with van der Waals surface area (Å²) in [7, 11) is 0. The van der Waals surface area contributed by atoms with E-state index in [4.69, 9.17) is 11.6 Å². The van der Waals surface area contributed by atoms with Crippen LogP contribution in [0.2, 0.25) is 5.02 Å². The van der Waals surface area contributed by atoms with E-state index < -0.39 is 0 Å². The quantitative estimate of drug-likeness (QED) is 0.234. The van der Waals surface area contributed by atoms with Crippen molar-refractivity contribution >= 4 is 17.5 Å². The summed E-state index contributed by atoms with van der Waals surface area (Å²) in [6.45, 7) is 4.70. The molecule has 4 heteroatoms. The average Bonchev–Trinajstić information content (AvgIpc) is 3.46. The lowest BCUT2D eigenvalue weighted by Gasteiger charge is -2.23. The van der Waals surface area contributed by atoms with Gasteiger partial charge in [-0.15, -0.1) is 0 Å². The van der Waals surface area contributed by atoms with Crippen LogP contribution in [0.25, 0.3) is 11.1 Å². The summed E-state index contributed by atoms with van der Waals surface area (Å²) >= 11 is 6.03. The summed E-state index contributed by atoms with van der Waals surface area (Å²) in [5, 5.41) is 0.716. The lowest BCUT2D eigenvalue weighted by molar-refractivity contribution is 0.0745. The van der Waals surface area contributed by atoms with E-state index in [-0.39, 0.29) is 5.91 Å². The van der Waals surface area contributed by atoms with Crippen LogP contribution in [-0.4, -0.2) is 35.3 Å². The Morgan fingerprint density at radius 3 is 1.95 bits per heavy atom. The van der Waals surface area contributed by atoms with Crippen molar-refractivity contribution in [2.45, 2.75) is 32.4 Å². The van der Waals surface area contributed by atoms with Crippen LogP contribution in [0.4, 0.5) is 0 Å². The largest absolute Gasteiger partial charge is 0.334 e. The predicted molar refractivity (Wildman–Crippen MR) is 153 cm³/mol. The van der Waals surface area contributed by atoms with Crippen LogP contribution in [0, 0.1) is 0 Å². The molecule has 4 aromatic rings. The van der Waals surface area contributed by atoms with Crippen molar-refractivity contribution in [3.63, 3.8) is 0 Å². The smallest absolute Gasteiger partial charge is 0.254 e. The minimum absolute atomic E-state index is 0.0529. The Kier molecular flexibility index (Phi) is 8.35. The maximum absolute atomic E-state index is 13.6. The van der Waals surface area contributed by atoms with Crippen LogP contribution in [-0.2, 0) is 19.5 Å². The van der Waals surface area contributed by atoms with Gasteiger partial charge >= 0.3 is 0 Å². The van der Waals surface area contributed by atoms with Crippen molar-refractivity contribution < 1.29 is 4.79 Å². The average molecular weight is 509 g/mol. The Bertz CT molecular complexity index is 1280. The first-order valence-corrected chi connectivity index (χ1v) is 13.5. The fourth-order valence-corrected chi connectivity index (χ4v) is 5.09. The molecule has 0 radical (unpaired) electrons. The Labute approximate surface area is 225 Å². The molecule has 1 saturated heterocycles. The van der Waals surface area contributed by atoms with E-state index >= 15 is 0 Å². The van der Waals surface area contributed by atoms with Crippen LogP contribution in [0.15, 0.2) is 103 Å². The predicted octanol–water partition coefficient (Wildman–Crippen LogP) is 7.49. The highest BCUT2D eigenvalue weighted by molar-refractivity contribution is 6.30. The molecule has 188 valence electrons. The number of halogens is 1. The zero-order valence-electron chi connectivity index (χ0n) is 21.2. The fourth-order valence-electron chi connectivity index (χ4n) is 4.96. The van der Waals surface area contributed by atoms with Crippen molar-refractivity contribution in [3.05, 3.63) is 130 Å². The van der Waals surface area contributed by atoms with Gasteiger partial charge in [0.2, 0.25) is 0 Å². The molecule has 4 aromatic carbocycles. The number of carbonyl (C=O) groups excluding carboxylic acids is 1. The van der Waals surface area contributed by atoms with E-state index in [0.717, 1.165) is 29.7 Å². The maximum Gasteiger partial charge on any atom is 0.254 e. The topological polar surface area (TPSA) is 23.6 Å². The minimum atomic E-state index is 0.0529. The number of nitrogens with zero attached hydrogens (tertiary/aromatic N) is 2. The summed E-state index contributed by atoms with van der Waals surface area (Å²) in [5.74, 6) is 0.0529. The third kappa shape index (κ3) is 6.88. The number of rotatable bonds is 9. The molecule has 0 aliphatic carbocycles. The van der Waals surface area contributed by atoms with Crippen molar-refractivity contribution in [2.75, 3.05) is 19.6 Å². The van der Waals surface area contributed by atoms with E-state index in [9.17, 15) is 4.79 Å². The highest BCUT2D eigenvalue weighted by Crippen LogP contribution is 2.23. The van der Waals surface area contributed by atoms with Crippen LogP contribution < -0.4 is 0 Å². The molecule has 1 amide bonds. The lowest BCUT2D eigenvalue weighted by Crippen LogP contribution is -2.32. The summed E-state index contributed by atoms with van der Waals surface area (Å²) < 4.78 is 0. The molecular weight excluding hydrogens is 476 g/mol. The van der Waals surface area contributed by atoms with E-state index in [1.165, 1.54) is 37.1 Å². The van der Waals surface area contributed by atoms with Gasteiger partial charge in [0.05, 0.1) is 0 Å². The Morgan fingerprint density at radius 1 is 0.703 bits per heavy atom. The first-order valence-electron chi connectivity index (χ1n) is 13.1. The molecule has 3 nitrogen and oxygen atoms in total. The summed E-state index contributed by atoms with van der Waals surface area (Å²) in [6, 6.07) is 34.8. The first kappa shape index (κ1) is 25.3. The third-order valence-corrected chi connectivity index (χ3v) is 7.36. The Morgan fingerprint density at radius 2 is 1.30 bits per heavy atom. The minimum Gasteiger partial charge on any atom is -0.334 e. The summed E-state index contributed by atoms with van der Waals surface area (Å²) in [4.78, 5) is 18.1. The zero-order chi connectivity index (χ0) is 25.5. The molecule has 0 spiro atoms. The molecule has 0 atom stereocenters. The standard InChI is InChI=1S/C33H33ClN2O/c34-32-18-16-30(17-19-32)29-12-14-31(15-13-29)33(37)36(25-27-6-2-1-3-7-27)23-20-26-8-10-28(11-9-26)24-35-21-4-5-22-35/h1-3,6-19H,4-5,20-25H2. The second-order valence-corrected chi connectivity index (χ2v) is 10.3. The number of hydrogen-bond donors (Lipinski definition) is 0. The number of hydrogen-bond acceptors (Lipinski definition) is 2. The SMILES string of the molecule is O=C(c1ccc(-c2ccc(Cl)cc2)cc1)N(CCc1ccc(CN2CCCC2)cc1)Cc1ccccc1. The molecule has 0 bridgehead atoms. The molecule has 1 aliphatic rings. The van der Waals surface area contributed by atoms with E-state index in [2.05, 4.69) is 41.3 Å². The highest BCUT2D eigenvalue weighted by atomic mass is 35.5. The second-order valence-electron chi connectivity index (χ2n) is 9.85. The Balaban J connectivity index is 1.27. The van der Waals surface area contributed by atoms with Gasteiger partial charge in [0, 0.05) is 30.2 Å². The maximum atomic E-state index is 13.6. The second kappa shape index (κ2) is 12.2. The third-order valence-electron chi connectivity index (χ3n) is 7.11. The molecule has 1 heterocycles. The molecule has 1 fully saturated rings. The van der Waals surface area contributed by atoms with Gasteiger partial charge in [0.15, 0.2) is 0 Å². The molecular formula is C33H33ClN2O. The van der Waals surface area contributed by atoms with Crippen molar-refractivity contribution in [1.82, 2.24) is 9.80 Å². The van der Waals surface area contributed by atoms with Crippen LogP contribution in [0.5, 0.6) is 0 Å². The van der Waals surface area contributed by atoms with Gasteiger partial charge in [-0.25, -0.2) is 0 Å². The van der Waals surface area contributed by atoms with Crippen LogP contribution in [0.1, 0.15) is 39.9 Å². The summed E-state index contributed by atoms with van der Waals surface area (Å²) in [6.07, 6.45) is 3.45.